The summed E-state index contributed by atoms with van der Waals surface area (Å²) in [6.45, 7) is 0.480. The van der Waals surface area contributed by atoms with E-state index in [1.54, 1.807) is 11.7 Å². The maximum Gasteiger partial charge on any atom is 0.264 e. The topological polar surface area (TPSA) is 69.8 Å². The van der Waals surface area contributed by atoms with Gasteiger partial charge in [0.2, 0.25) is 0 Å². The van der Waals surface area contributed by atoms with E-state index in [-0.39, 0.29) is 11.3 Å². The molecule has 0 atom stereocenters. The van der Waals surface area contributed by atoms with Crippen LogP contribution in [-0.2, 0) is 13.6 Å². The van der Waals surface area contributed by atoms with E-state index in [1.807, 2.05) is 17.5 Å². The van der Waals surface area contributed by atoms with Gasteiger partial charge < -0.3 is 0 Å². The van der Waals surface area contributed by atoms with Crippen LogP contribution in [0.1, 0.15) is 22.5 Å². The number of thiophene rings is 1. The van der Waals surface area contributed by atoms with Crippen molar-refractivity contribution in [1.29, 1.82) is 0 Å². The number of hydrogen-bond acceptors (Lipinski definition) is 5. The predicted molar refractivity (Wildman–Crippen MR) is 80.7 cm³/mol. The van der Waals surface area contributed by atoms with Gasteiger partial charge in [-0.2, -0.15) is 5.10 Å². The van der Waals surface area contributed by atoms with Crippen LogP contribution in [0, 0.1) is 0 Å². The van der Waals surface area contributed by atoms with Crippen LogP contribution in [0.2, 0.25) is 0 Å². The Morgan fingerprint density at radius 3 is 3.05 bits per heavy atom. The SMILES string of the molecule is Cn1ncc2c(=O)n(CCCC(=O)c3cccs3)cnc21. The summed E-state index contributed by atoms with van der Waals surface area (Å²) in [5.74, 6) is 0.119. The normalized spacial score (nSPS) is 11.1. The molecular weight excluding hydrogens is 288 g/mol. The molecule has 0 N–H and O–H groups in total. The molecule has 0 fully saturated rings. The van der Waals surface area contributed by atoms with E-state index in [4.69, 9.17) is 0 Å². The molecule has 7 heteroatoms. The number of Topliss-reactive ketones (excluding diaryl/α,β-unsaturated/α-hetero) is 1. The second-order valence-corrected chi connectivity index (χ2v) is 5.70. The molecule has 108 valence electrons. The minimum Gasteiger partial charge on any atom is -0.299 e. The average Bonchev–Trinajstić information content (AvgIpc) is 3.12. The fourth-order valence-electron chi connectivity index (χ4n) is 2.20. The largest absolute Gasteiger partial charge is 0.299 e. The van der Waals surface area contributed by atoms with Crippen LogP contribution < -0.4 is 5.56 Å². The molecule has 0 aromatic carbocycles. The highest BCUT2D eigenvalue weighted by Crippen LogP contribution is 2.12. The van der Waals surface area contributed by atoms with Crippen LogP contribution >= 0.6 is 11.3 Å². The van der Waals surface area contributed by atoms with Crippen LogP contribution in [0.4, 0.5) is 0 Å². The minimum atomic E-state index is -0.114. The van der Waals surface area contributed by atoms with Crippen molar-refractivity contribution in [2.45, 2.75) is 19.4 Å². The van der Waals surface area contributed by atoms with Crippen molar-refractivity contribution in [3.05, 3.63) is 45.3 Å². The molecule has 0 aliphatic rings. The maximum absolute atomic E-state index is 12.2. The van der Waals surface area contributed by atoms with Crippen molar-refractivity contribution in [3.8, 4) is 0 Å². The fraction of sp³-hybridized carbons (Fsp3) is 0.286. The van der Waals surface area contributed by atoms with Crippen molar-refractivity contribution in [1.82, 2.24) is 19.3 Å². The first-order valence-corrected chi connectivity index (χ1v) is 7.48. The van der Waals surface area contributed by atoms with Crippen LogP contribution in [-0.4, -0.2) is 25.1 Å². The third-order valence-electron chi connectivity index (χ3n) is 3.32. The molecule has 0 radical (unpaired) electrons. The van der Waals surface area contributed by atoms with Crippen LogP contribution in [0.5, 0.6) is 0 Å². The molecule has 3 rings (SSSR count). The molecule has 0 saturated carbocycles. The van der Waals surface area contributed by atoms with Gasteiger partial charge in [-0.25, -0.2) is 4.98 Å². The molecule has 3 aromatic rings. The van der Waals surface area contributed by atoms with E-state index in [9.17, 15) is 9.59 Å². The molecule has 0 amide bonds. The first kappa shape index (κ1) is 13.7. The Morgan fingerprint density at radius 2 is 2.29 bits per heavy atom. The van der Waals surface area contributed by atoms with E-state index in [0.29, 0.717) is 30.4 Å². The molecule has 0 saturated heterocycles. The first-order valence-electron chi connectivity index (χ1n) is 6.60. The second-order valence-electron chi connectivity index (χ2n) is 4.75. The van der Waals surface area contributed by atoms with Gasteiger partial charge in [0, 0.05) is 20.0 Å². The van der Waals surface area contributed by atoms with Gasteiger partial charge in [-0.15, -0.1) is 11.3 Å². The number of nitrogens with zero attached hydrogens (tertiary/aromatic N) is 4. The van der Waals surface area contributed by atoms with Gasteiger partial charge in [0.25, 0.3) is 5.56 Å². The molecule has 3 aromatic heterocycles. The summed E-state index contributed by atoms with van der Waals surface area (Å²) in [7, 11) is 1.75. The number of rotatable bonds is 5. The van der Waals surface area contributed by atoms with Crippen molar-refractivity contribution < 1.29 is 4.79 Å². The second kappa shape index (κ2) is 5.61. The highest BCUT2D eigenvalue weighted by atomic mass is 32.1. The van der Waals surface area contributed by atoms with E-state index in [0.717, 1.165) is 4.88 Å². The summed E-state index contributed by atoms with van der Waals surface area (Å²) < 4.78 is 3.10. The van der Waals surface area contributed by atoms with Gasteiger partial charge in [-0.1, -0.05) is 6.07 Å². The average molecular weight is 302 g/mol. The van der Waals surface area contributed by atoms with Gasteiger partial charge >= 0.3 is 0 Å². The van der Waals surface area contributed by atoms with Gasteiger partial charge in [0.05, 0.1) is 17.4 Å². The first-order chi connectivity index (χ1) is 10.2. The Hall–Kier alpha value is -2.28. The molecule has 0 aliphatic heterocycles. The summed E-state index contributed by atoms with van der Waals surface area (Å²) in [5, 5.41) is 6.42. The summed E-state index contributed by atoms with van der Waals surface area (Å²) in [4.78, 5) is 29.1. The zero-order valence-electron chi connectivity index (χ0n) is 11.5. The third-order valence-corrected chi connectivity index (χ3v) is 4.23. The van der Waals surface area contributed by atoms with Crippen LogP contribution in [0.25, 0.3) is 11.0 Å². The van der Waals surface area contributed by atoms with E-state index < -0.39 is 0 Å². The van der Waals surface area contributed by atoms with E-state index >= 15 is 0 Å². The van der Waals surface area contributed by atoms with Gasteiger partial charge in [0.1, 0.15) is 5.39 Å². The highest BCUT2D eigenvalue weighted by molar-refractivity contribution is 7.12. The molecule has 6 nitrogen and oxygen atoms in total. The standard InChI is InChI=1S/C14H14N4O2S/c1-17-13-10(8-16-17)14(20)18(9-15-13)6-2-4-11(19)12-5-3-7-21-12/h3,5,7-9H,2,4,6H2,1H3. The van der Waals surface area contributed by atoms with Crippen molar-refractivity contribution in [2.24, 2.45) is 7.05 Å². The lowest BCUT2D eigenvalue weighted by Gasteiger charge is -2.04. The third kappa shape index (κ3) is 2.64. The number of carbonyl (C=O) groups is 1. The molecule has 0 spiro atoms. The Labute approximate surface area is 124 Å². The number of carbonyl (C=O) groups excluding carboxylic acids is 1. The number of hydrogen-bond donors (Lipinski definition) is 0. The Balaban J connectivity index is 1.70. The zero-order valence-corrected chi connectivity index (χ0v) is 12.3. The fourth-order valence-corrected chi connectivity index (χ4v) is 2.89. The van der Waals surface area contributed by atoms with Crippen molar-refractivity contribution in [3.63, 3.8) is 0 Å². The molecule has 0 bridgehead atoms. The number of ketones is 1. The van der Waals surface area contributed by atoms with Crippen LogP contribution in [0.15, 0.2) is 34.8 Å². The molecule has 0 aliphatic carbocycles. The van der Waals surface area contributed by atoms with E-state index in [1.165, 1.54) is 28.4 Å². The predicted octanol–water partition coefficient (Wildman–Crippen LogP) is 1.85. The summed E-state index contributed by atoms with van der Waals surface area (Å²) in [6, 6.07) is 3.69. The minimum absolute atomic E-state index is 0.114. The molecule has 21 heavy (non-hydrogen) atoms. The van der Waals surface area contributed by atoms with Crippen molar-refractivity contribution >= 4 is 28.2 Å². The molecular formula is C14H14N4O2S. The Morgan fingerprint density at radius 1 is 1.43 bits per heavy atom. The monoisotopic (exact) mass is 302 g/mol. The quantitative estimate of drug-likeness (QED) is 0.674. The zero-order chi connectivity index (χ0) is 14.8. The Kier molecular flexibility index (Phi) is 3.66. The lowest BCUT2D eigenvalue weighted by Crippen LogP contribution is -2.21. The maximum atomic E-state index is 12.2. The van der Waals surface area contributed by atoms with Crippen molar-refractivity contribution in [2.75, 3.05) is 0 Å². The number of fused-ring (bicyclic) bond motifs is 1. The Bertz CT molecular complexity index is 832. The van der Waals surface area contributed by atoms with Gasteiger partial charge in [0.15, 0.2) is 11.4 Å². The van der Waals surface area contributed by atoms with Gasteiger partial charge in [-0.3, -0.25) is 18.8 Å². The van der Waals surface area contributed by atoms with Gasteiger partial charge in [-0.05, 0) is 17.9 Å². The van der Waals surface area contributed by atoms with Crippen LogP contribution in [0.3, 0.4) is 0 Å². The summed E-state index contributed by atoms with van der Waals surface area (Å²) in [6.07, 6.45) is 4.09. The lowest BCUT2D eigenvalue weighted by atomic mass is 10.2. The lowest BCUT2D eigenvalue weighted by molar-refractivity contribution is 0.0982. The smallest absolute Gasteiger partial charge is 0.264 e. The molecule has 3 heterocycles. The number of aryl methyl sites for hydroxylation is 2. The summed E-state index contributed by atoms with van der Waals surface area (Å²) >= 11 is 1.44. The molecule has 0 unspecified atom stereocenters. The number of aromatic nitrogens is 4. The van der Waals surface area contributed by atoms with E-state index in [2.05, 4.69) is 10.1 Å². The highest BCUT2D eigenvalue weighted by Gasteiger charge is 2.09. The summed E-state index contributed by atoms with van der Waals surface area (Å²) in [5.41, 5.74) is 0.461.